The molecule has 1 unspecified atom stereocenters. The molecule has 0 saturated carbocycles. The number of benzene rings is 1. The van der Waals surface area contributed by atoms with Gasteiger partial charge in [0.05, 0.1) is 35.6 Å². The molecule has 0 saturated heterocycles. The van der Waals surface area contributed by atoms with Crippen LogP contribution in [0.2, 0.25) is 0 Å². The molecular weight excluding hydrogens is 450 g/mol. The van der Waals surface area contributed by atoms with E-state index in [1.807, 2.05) is 6.92 Å². The molecule has 35 heavy (non-hydrogen) atoms. The molecule has 182 valence electrons. The molecule has 1 aromatic carbocycles. The Kier molecular flexibility index (Phi) is 6.02. The summed E-state index contributed by atoms with van der Waals surface area (Å²) in [6.45, 7) is 4.86. The number of esters is 2. The van der Waals surface area contributed by atoms with E-state index >= 15 is 0 Å². The fourth-order valence-corrected chi connectivity index (χ4v) is 4.86. The zero-order valence-electron chi connectivity index (χ0n) is 19.7. The number of aromatic nitrogens is 2. The zero-order chi connectivity index (χ0) is 24.7. The van der Waals surface area contributed by atoms with Gasteiger partial charge in [-0.15, -0.1) is 0 Å². The Morgan fingerprint density at radius 2 is 2.09 bits per heavy atom. The maximum atomic E-state index is 13.5. The fourth-order valence-electron chi connectivity index (χ4n) is 4.86. The molecule has 2 aromatic heterocycles. The summed E-state index contributed by atoms with van der Waals surface area (Å²) < 4.78 is 12.3. The number of pyridine rings is 2. The summed E-state index contributed by atoms with van der Waals surface area (Å²) in [7, 11) is 0. The molecule has 1 atom stereocenters. The normalized spacial score (nSPS) is 15.9. The zero-order valence-corrected chi connectivity index (χ0v) is 19.7. The third-order valence-corrected chi connectivity index (χ3v) is 6.62. The molecule has 2 aliphatic rings. The standard InChI is InChI=1S/C26H27N3O6/c1-3-5-8-27-11-22(31)35-24-17-10-21-23-18(12-29(21)25(32)19(17)13-34-26(24)33)15(4-2)16-9-14(30)6-7-20(16)28-23/h6-7,9-10,24,27,30H,3-5,8,11-13H2,1-2H3. The van der Waals surface area contributed by atoms with Crippen molar-refractivity contribution in [3.63, 3.8) is 0 Å². The number of cyclic esters (lactones) is 1. The van der Waals surface area contributed by atoms with Crippen molar-refractivity contribution < 1.29 is 24.2 Å². The van der Waals surface area contributed by atoms with Crippen LogP contribution >= 0.6 is 0 Å². The Morgan fingerprint density at radius 3 is 2.86 bits per heavy atom. The number of nitrogens with zero attached hydrogens (tertiary/aromatic N) is 2. The lowest BCUT2D eigenvalue weighted by molar-refractivity contribution is -0.171. The van der Waals surface area contributed by atoms with Crippen molar-refractivity contribution in [2.45, 2.75) is 52.4 Å². The van der Waals surface area contributed by atoms with Crippen LogP contribution in [0.5, 0.6) is 5.75 Å². The number of phenolic OH excluding ortho intramolecular Hbond substituents is 1. The lowest BCUT2D eigenvalue weighted by Crippen LogP contribution is -2.36. The third kappa shape index (κ3) is 3.95. The number of hydrogen-bond acceptors (Lipinski definition) is 8. The van der Waals surface area contributed by atoms with Crippen LogP contribution in [0.4, 0.5) is 0 Å². The molecule has 9 nitrogen and oxygen atoms in total. The Hall–Kier alpha value is -3.72. The van der Waals surface area contributed by atoms with E-state index in [2.05, 4.69) is 12.2 Å². The van der Waals surface area contributed by atoms with Crippen molar-refractivity contribution in [1.82, 2.24) is 14.9 Å². The first-order chi connectivity index (χ1) is 16.9. The number of phenols is 1. The van der Waals surface area contributed by atoms with Crippen molar-refractivity contribution in [3.05, 3.63) is 56.9 Å². The molecular formula is C26H27N3O6. The van der Waals surface area contributed by atoms with Gasteiger partial charge in [-0.25, -0.2) is 9.78 Å². The van der Waals surface area contributed by atoms with Gasteiger partial charge in [-0.1, -0.05) is 20.3 Å². The Morgan fingerprint density at radius 1 is 1.26 bits per heavy atom. The lowest BCUT2D eigenvalue weighted by Gasteiger charge is -2.25. The number of fused-ring (bicyclic) bond motifs is 5. The first kappa shape index (κ1) is 23.0. The Balaban J connectivity index is 1.57. The lowest BCUT2D eigenvalue weighted by atomic mass is 9.97. The van der Waals surface area contributed by atoms with E-state index in [9.17, 15) is 19.5 Å². The van der Waals surface area contributed by atoms with Crippen LogP contribution < -0.4 is 10.9 Å². The van der Waals surface area contributed by atoms with Crippen LogP contribution in [0.25, 0.3) is 22.3 Å². The van der Waals surface area contributed by atoms with Gasteiger partial charge < -0.3 is 24.5 Å². The molecule has 9 heteroatoms. The molecule has 2 aliphatic heterocycles. The quantitative estimate of drug-likeness (QED) is 0.308. The van der Waals surface area contributed by atoms with Crippen LogP contribution in [0, 0.1) is 0 Å². The third-order valence-electron chi connectivity index (χ3n) is 6.62. The van der Waals surface area contributed by atoms with Crippen molar-refractivity contribution in [2.75, 3.05) is 13.1 Å². The number of hydrogen-bond donors (Lipinski definition) is 2. The predicted molar refractivity (Wildman–Crippen MR) is 128 cm³/mol. The Bertz CT molecular complexity index is 1410. The maximum absolute atomic E-state index is 13.5. The Labute approximate surface area is 201 Å². The monoisotopic (exact) mass is 477 g/mol. The van der Waals surface area contributed by atoms with Crippen LogP contribution in [0.1, 0.15) is 55.0 Å². The van der Waals surface area contributed by atoms with E-state index in [0.717, 1.165) is 29.4 Å². The van der Waals surface area contributed by atoms with Crippen molar-refractivity contribution >= 4 is 22.8 Å². The van der Waals surface area contributed by atoms with Gasteiger partial charge in [0.15, 0.2) is 0 Å². The van der Waals surface area contributed by atoms with E-state index in [1.165, 1.54) is 0 Å². The molecule has 4 heterocycles. The highest BCUT2D eigenvalue weighted by Crippen LogP contribution is 2.39. The number of aromatic hydroxyl groups is 1. The number of rotatable bonds is 7. The first-order valence-electron chi connectivity index (χ1n) is 11.9. The molecule has 0 spiro atoms. The summed E-state index contributed by atoms with van der Waals surface area (Å²) in [5.41, 5.74) is 4.21. The van der Waals surface area contributed by atoms with Gasteiger partial charge in [0.1, 0.15) is 12.4 Å². The topological polar surface area (TPSA) is 120 Å². The number of ether oxygens (including phenoxy) is 2. The maximum Gasteiger partial charge on any atom is 0.352 e. The molecule has 0 fully saturated rings. The number of carbonyl (C=O) groups is 2. The molecule has 0 bridgehead atoms. The van der Waals surface area contributed by atoms with Gasteiger partial charge in [0.25, 0.3) is 5.56 Å². The highest BCUT2D eigenvalue weighted by atomic mass is 16.6. The van der Waals surface area contributed by atoms with Crippen LogP contribution in [0.15, 0.2) is 29.1 Å². The van der Waals surface area contributed by atoms with Gasteiger partial charge in [-0.05, 0) is 49.2 Å². The first-order valence-corrected chi connectivity index (χ1v) is 11.9. The average molecular weight is 478 g/mol. The van der Waals surface area contributed by atoms with Gasteiger partial charge in [0, 0.05) is 16.5 Å². The highest BCUT2D eigenvalue weighted by Gasteiger charge is 2.37. The van der Waals surface area contributed by atoms with Gasteiger partial charge >= 0.3 is 11.9 Å². The van der Waals surface area contributed by atoms with E-state index in [-0.39, 0.29) is 24.5 Å². The highest BCUT2D eigenvalue weighted by molar-refractivity contribution is 5.89. The largest absolute Gasteiger partial charge is 0.508 e. The molecule has 2 N–H and O–H groups in total. The summed E-state index contributed by atoms with van der Waals surface area (Å²) in [5.74, 6) is -1.13. The number of aryl methyl sites for hydroxylation is 1. The second kappa shape index (κ2) is 9.14. The molecule has 5 rings (SSSR count). The summed E-state index contributed by atoms with van der Waals surface area (Å²) in [4.78, 5) is 43.2. The average Bonchev–Trinajstić information content (AvgIpc) is 3.21. The SMILES string of the molecule is CCCCNCC(=O)OC1C(=O)OCc2c1cc1n(c2=O)Cc2c-1nc1ccc(O)cc1c2CC. The van der Waals surface area contributed by atoms with E-state index in [1.54, 1.807) is 28.8 Å². The molecule has 0 aliphatic carbocycles. The summed E-state index contributed by atoms with van der Waals surface area (Å²) in [6, 6.07) is 6.74. The fraction of sp³-hybridized carbons (Fsp3) is 0.385. The predicted octanol–water partition coefficient (Wildman–Crippen LogP) is 2.72. The second-order valence-electron chi connectivity index (χ2n) is 8.84. The molecule has 0 radical (unpaired) electrons. The number of unbranched alkanes of at least 4 members (excludes halogenated alkanes) is 1. The van der Waals surface area contributed by atoms with Crippen LogP contribution in [-0.2, 0) is 38.6 Å². The van der Waals surface area contributed by atoms with Gasteiger partial charge in [-0.2, -0.15) is 0 Å². The van der Waals surface area contributed by atoms with Crippen LogP contribution in [-0.4, -0.2) is 39.7 Å². The van der Waals surface area contributed by atoms with Crippen molar-refractivity contribution in [3.8, 4) is 17.1 Å². The summed E-state index contributed by atoms with van der Waals surface area (Å²) in [6.07, 6.45) is 1.31. The molecule has 3 aromatic rings. The smallest absolute Gasteiger partial charge is 0.352 e. The van der Waals surface area contributed by atoms with Crippen LogP contribution in [0.3, 0.4) is 0 Å². The minimum Gasteiger partial charge on any atom is -0.508 e. The van der Waals surface area contributed by atoms with E-state index < -0.39 is 18.0 Å². The van der Waals surface area contributed by atoms with E-state index in [0.29, 0.717) is 47.5 Å². The van der Waals surface area contributed by atoms with E-state index in [4.69, 9.17) is 14.5 Å². The minimum atomic E-state index is -1.30. The van der Waals surface area contributed by atoms with Crippen molar-refractivity contribution in [1.29, 1.82) is 0 Å². The van der Waals surface area contributed by atoms with Gasteiger partial charge in [-0.3, -0.25) is 9.59 Å². The van der Waals surface area contributed by atoms with Gasteiger partial charge in [0.2, 0.25) is 6.10 Å². The number of carbonyl (C=O) groups excluding carboxylic acids is 2. The van der Waals surface area contributed by atoms with Crippen molar-refractivity contribution in [2.24, 2.45) is 0 Å². The summed E-state index contributed by atoms with van der Waals surface area (Å²) in [5, 5.41) is 13.8. The number of nitrogens with one attached hydrogen (secondary N) is 1. The summed E-state index contributed by atoms with van der Waals surface area (Å²) >= 11 is 0. The second-order valence-corrected chi connectivity index (χ2v) is 8.84. The molecule has 0 amide bonds. The minimum absolute atomic E-state index is 0.0356.